The molecule has 1 aliphatic carbocycles. The molecule has 2 aliphatic rings. The van der Waals surface area contributed by atoms with Crippen molar-refractivity contribution in [1.82, 2.24) is 5.32 Å². The summed E-state index contributed by atoms with van der Waals surface area (Å²) in [4.78, 5) is 14.2. The molecule has 27 heavy (non-hydrogen) atoms. The molecule has 2 atom stereocenters. The van der Waals surface area contributed by atoms with Crippen molar-refractivity contribution >= 4 is 22.2 Å². The first-order chi connectivity index (χ1) is 12.8. The lowest BCUT2D eigenvalue weighted by Gasteiger charge is -2.34. The summed E-state index contributed by atoms with van der Waals surface area (Å²) in [6, 6.07) is 5.19. The number of nitrogens with one attached hydrogen (secondary N) is 2. The van der Waals surface area contributed by atoms with Gasteiger partial charge in [-0.2, -0.15) is 0 Å². The van der Waals surface area contributed by atoms with Gasteiger partial charge in [0.2, 0.25) is 0 Å². The highest BCUT2D eigenvalue weighted by Gasteiger charge is 2.36. The zero-order valence-electron chi connectivity index (χ0n) is 16.2. The number of methoxy groups -OCH3 is 1. The highest BCUT2D eigenvalue weighted by atomic mass is 32.1. The van der Waals surface area contributed by atoms with Gasteiger partial charge in [-0.15, -0.1) is 11.3 Å². The van der Waals surface area contributed by atoms with Crippen LogP contribution in [0.3, 0.4) is 0 Å². The molecular weight excluding hydrogens is 360 g/mol. The number of carbonyl (C=O) groups excluding carboxylic acids is 1. The van der Waals surface area contributed by atoms with Crippen LogP contribution in [0.1, 0.15) is 59.7 Å². The number of aromatic hydroxyl groups is 1. The van der Waals surface area contributed by atoms with Gasteiger partial charge in [-0.25, -0.2) is 0 Å². The lowest BCUT2D eigenvalue weighted by atomic mass is 9.72. The molecule has 0 spiro atoms. The summed E-state index contributed by atoms with van der Waals surface area (Å²) in [5, 5.41) is 17.5. The second-order valence-electron chi connectivity index (χ2n) is 8.50. The van der Waals surface area contributed by atoms with Gasteiger partial charge in [0.15, 0.2) is 11.5 Å². The van der Waals surface area contributed by atoms with Crippen molar-refractivity contribution in [2.75, 3.05) is 12.4 Å². The Balaban J connectivity index is 1.63. The Labute approximate surface area is 163 Å². The van der Waals surface area contributed by atoms with Crippen molar-refractivity contribution in [3.05, 3.63) is 39.8 Å². The number of hydrogen-bond acceptors (Lipinski definition) is 5. The topological polar surface area (TPSA) is 70.6 Å². The molecule has 1 amide bonds. The predicted molar refractivity (Wildman–Crippen MR) is 108 cm³/mol. The average Bonchev–Trinajstić information content (AvgIpc) is 2.98. The van der Waals surface area contributed by atoms with Crippen LogP contribution in [0.25, 0.3) is 0 Å². The van der Waals surface area contributed by atoms with Crippen LogP contribution in [-0.2, 0) is 12.8 Å². The number of amides is 1. The zero-order valence-corrected chi connectivity index (χ0v) is 17.0. The van der Waals surface area contributed by atoms with Crippen molar-refractivity contribution in [2.24, 2.45) is 11.3 Å². The van der Waals surface area contributed by atoms with E-state index in [4.69, 9.17) is 4.74 Å². The summed E-state index contributed by atoms with van der Waals surface area (Å²) in [6.07, 6.45) is 2.77. The minimum absolute atomic E-state index is 0.0317. The number of thiophene rings is 1. The first-order valence-electron chi connectivity index (χ1n) is 9.36. The van der Waals surface area contributed by atoms with Crippen LogP contribution in [-0.4, -0.2) is 18.1 Å². The molecule has 144 valence electrons. The van der Waals surface area contributed by atoms with E-state index in [0.29, 0.717) is 11.7 Å². The second kappa shape index (κ2) is 6.44. The third kappa shape index (κ3) is 3.16. The highest BCUT2D eigenvalue weighted by Crippen LogP contribution is 2.46. The summed E-state index contributed by atoms with van der Waals surface area (Å²) in [5.41, 5.74) is 3.11. The number of phenolic OH excluding ortho intramolecular Hbond substituents is 1. The molecule has 0 unspecified atom stereocenters. The maximum Gasteiger partial charge on any atom is 0.256 e. The molecule has 6 heteroatoms. The van der Waals surface area contributed by atoms with Gasteiger partial charge in [0.05, 0.1) is 12.7 Å². The number of anilines is 1. The van der Waals surface area contributed by atoms with Gasteiger partial charge in [-0.1, -0.05) is 26.8 Å². The van der Waals surface area contributed by atoms with Crippen LogP contribution < -0.4 is 15.4 Å². The standard InChI is InChI=1S/C21H26N2O3S/c1-21(2,3)12-6-7-13-16(10-12)27-20-17(13)19(25)22-18(23-20)11-5-8-15(26-4)14(24)9-11/h5,8-9,12,18,23-24H,6-7,10H2,1-4H3,(H,22,25)/t12-,18-/m1/s1. The van der Waals surface area contributed by atoms with E-state index in [0.717, 1.165) is 35.4 Å². The fourth-order valence-corrected chi connectivity index (χ4v) is 5.44. The van der Waals surface area contributed by atoms with Crippen molar-refractivity contribution in [3.8, 4) is 11.5 Å². The molecule has 0 radical (unpaired) electrons. The normalized spacial score (nSPS) is 21.7. The smallest absolute Gasteiger partial charge is 0.256 e. The Kier molecular flexibility index (Phi) is 4.34. The Morgan fingerprint density at radius 3 is 2.70 bits per heavy atom. The molecule has 1 aliphatic heterocycles. The van der Waals surface area contributed by atoms with E-state index in [2.05, 4.69) is 31.4 Å². The second-order valence-corrected chi connectivity index (χ2v) is 9.60. The molecule has 3 N–H and O–H groups in total. The number of carbonyl (C=O) groups is 1. The lowest BCUT2D eigenvalue weighted by Crippen LogP contribution is -2.38. The van der Waals surface area contributed by atoms with Crippen LogP contribution in [0.4, 0.5) is 5.00 Å². The van der Waals surface area contributed by atoms with E-state index in [1.807, 2.05) is 6.07 Å². The summed E-state index contributed by atoms with van der Waals surface area (Å²) >= 11 is 1.71. The van der Waals surface area contributed by atoms with Gasteiger partial charge in [-0.05, 0) is 53.9 Å². The third-order valence-electron chi connectivity index (χ3n) is 5.80. The van der Waals surface area contributed by atoms with Crippen LogP contribution >= 0.6 is 11.3 Å². The minimum Gasteiger partial charge on any atom is -0.504 e. The zero-order chi connectivity index (χ0) is 19.3. The first kappa shape index (κ1) is 18.2. The number of hydrogen-bond donors (Lipinski definition) is 3. The van der Waals surface area contributed by atoms with Crippen molar-refractivity contribution in [3.63, 3.8) is 0 Å². The fourth-order valence-electron chi connectivity index (χ4n) is 4.09. The molecule has 1 aromatic carbocycles. The molecule has 4 rings (SSSR count). The molecule has 0 saturated heterocycles. The lowest BCUT2D eigenvalue weighted by molar-refractivity contribution is 0.0934. The van der Waals surface area contributed by atoms with Crippen molar-refractivity contribution in [1.29, 1.82) is 0 Å². The summed E-state index contributed by atoms with van der Waals surface area (Å²) in [6.45, 7) is 6.90. The van der Waals surface area contributed by atoms with Gasteiger partial charge >= 0.3 is 0 Å². The molecule has 0 bridgehead atoms. The van der Waals surface area contributed by atoms with E-state index in [-0.39, 0.29) is 23.2 Å². The van der Waals surface area contributed by atoms with Crippen molar-refractivity contribution in [2.45, 2.75) is 46.2 Å². The Morgan fingerprint density at radius 2 is 2.04 bits per heavy atom. The monoisotopic (exact) mass is 386 g/mol. The fraction of sp³-hybridized carbons (Fsp3) is 0.476. The van der Waals surface area contributed by atoms with Crippen molar-refractivity contribution < 1.29 is 14.6 Å². The molecule has 0 fully saturated rings. The Hall–Kier alpha value is -2.21. The largest absolute Gasteiger partial charge is 0.504 e. The number of rotatable bonds is 2. The van der Waals surface area contributed by atoms with Gasteiger partial charge in [0.25, 0.3) is 5.91 Å². The maximum absolute atomic E-state index is 12.9. The van der Waals surface area contributed by atoms with Crippen LogP contribution in [0, 0.1) is 11.3 Å². The number of ether oxygens (including phenoxy) is 1. The number of benzene rings is 1. The number of fused-ring (bicyclic) bond motifs is 3. The first-order valence-corrected chi connectivity index (χ1v) is 10.2. The van der Waals surface area contributed by atoms with Crippen LogP contribution in [0.2, 0.25) is 0 Å². The SMILES string of the molecule is COc1ccc([C@@H]2NC(=O)c3c(sc4c3CC[C@@H](C(C)(C)C)C4)N2)cc1O. The van der Waals surface area contributed by atoms with Gasteiger partial charge in [0, 0.05) is 4.88 Å². The highest BCUT2D eigenvalue weighted by molar-refractivity contribution is 7.16. The molecular formula is C21H26N2O3S. The average molecular weight is 387 g/mol. The van der Waals surface area contributed by atoms with Gasteiger partial charge in [-0.3, -0.25) is 4.79 Å². The van der Waals surface area contributed by atoms with Gasteiger partial charge in [0.1, 0.15) is 11.2 Å². The van der Waals surface area contributed by atoms with E-state index >= 15 is 0 Å². The summed E-state index contributed by atoms with van der Waals surface area (Å²) < 4.78 is 5.10. The molecule has 0 saturated carbocycles. The van der Waals surface area contributed by atoms with E-state index in [9.17, 15) is 9.90 Å². The Bertz CT molecular complexity index is 898. The van der Waals surface area contributed by atoms with E-state index in [1.54, 1.807) is 23.5 Å². The van der Waals surface area contributed by atoms with E-state index in [1.165, 1.54) is 17.6 Å². The molecule has 2 aromatic rings. The van der Waals surface area contributed by atoms with Crippen LogP contribution in [0.15, 0.2) is 18.2 Å². The summed E-state index contributed by atoms with van der Waals surface area (Å²) in [7, 11) is 1.52. The molecule has 5 nitrogen and oxygen atoms in total. The number of phenols is 1. The predicted octanol–water partition coefficient (Wildman–Crippen LogP) is 4.47. The molecule has 1 aromatic heterocycles. The quantitative estimate of drug-likeness (QED) is 0.712. The van der Waals surface area contributed by atoms with Gasteiger partial charge < -0.3 is 20.5 Å². The Morgan fingerprint density at radius 1 is 1.26 bits per heavy atom. The maximum atomic E-state index is 12.9. The van der Waals surface area contributed by atoms with Crippen LogP contribution in [0.5, 0.6) is 11.5 Å². The third-order valence-corrected chi connectivity index (χ3v) is 6.99. The van der Waals surface area contributed by atoms with E-state index < -0.39 is 0 Å². The minimum atomic E-state index is -0.361. The molecule has 2 heterocycles. The summed E-state index contributed by atoms with van der Waals surface area (Å²) in [5.74, 6) is 1.09.